The highest BCUT2D eigenvalue weighted by Crippen LogP contribution is 2.28. The predicted octanol–water partition coefficient (Wildman–Crippen LogP) is 2.27. The molecule has 2 rings (SSSR count). The lowest BCUT2D eigenvalue weighted by Crippen LogP contribution is -2.31. The van der Waals surface area contributed by atoms with E-state index in [1.807, 2.05) is 0 Å². The van der Waals surface area contributed by atoms with E-state index < -0.39 is 6.04 Å². The second-order valence-electron chi connectivity index (χ2n) is 3.82. The maximum Gasteiger partial charge on any atom is 0.251 e. The summed E-state index contributed by atoms with van der Waals surface area (Å²) in [5.41, 5.74) is 0.746. The van der Waals surface area contributed by atoms with E-state index in [-0.39, 0.29) is 18.2 Å². The number of hydrogen-bond donors (Lipinski definition) is 1. The van der Waals surface area contributed by atoms with E-state index in [0.29, 0.717) is 5.02 Å². The molecule has 90 valence electrons. The van der Waals surface area contributed by atoms with Crippen molar-refractivity contribution in [2.75, 3.05) is 12.4 Å². The normalized spacial score (nSPS) is 19.9. The number of carbonyl (C=O) groups excluding carboxylic acids is 2. The molecule has 0 aliphatic carbocycles. The number of nitrogens with zero attached hydrogens (tertiary/aromatic N) is 1. The molecular weight excluding hydrogens is 307 g/mol. The van der Waals surface area contributed by atoms with Crippen molar-refractivity contribution >= 4 is 45.0 Å². The van der Waals surface area contributed by atoms with E-state index in [4.69, 9.17) is 11.6 Å². The van der Waals surface area contributed by atoms with Gasteiger partial charge in [0, 0.05) is 22.2 Å². The van der Waals surface area contributed by atoms with Crippen LogP contribution in [0.5, 0.6) is 0 Å². The number of likely N-dealkylation sites (N-methyl/N-ethyl adjacent to an activating group) is 1. The smallest absolute Gasteiger partial charge is 0.251 e. The van der Waals surface area contributed by atoms with Gasteiger partial charge in [0.1, 0.15) is 6.04 Å². The van der Waals surface area contributed by atoms with Crippen LogP contribution in [0.4, 0.5) is 5.69 Å². The quantitative estimate of drug-likeness (QED) is 0.851. The van der Waals surface area contributed by atoms with Crippen LogP contribution in [0.3, 0.4) is 0 Å². The first-order chi connectivity index (χ1) is 7.99. The predicted molar refractivity (Wildman–Crippen MR) is 69.0 cm³/mol. The first-order valence-electron chi connectivity index (χ1n) is 5.01. The zero-order valence-corrected chi connectivity index (χ0v) is 11.4. The third-order valence-corrected chi connectivity index (χ3v) is 3.53. The van der Waals surface area contributed by atoms with Gasteiger partial charge in [-0.25, -0.2) is 0 Å². The molecule has 1 aliphatic rings. The van der Waals surface area contributed by atoms with Crippen LogP contribution in [0.25, 0.3) is 0 Å². The van der Waals surface area contributed by atoms with Crippen LogP contribution in [-0.2, 0) is 9.59 Å². The molecule has 1 N–H and O–H groups in total. The summed E-state index contributed by atoms with van der Waals surface area (Å²) in [5.74, 6) is -0.380. The monoisotopic (exact) mass is 316 g/mol. The SMILES string of the molecule is CN1C(=O)CC(Nc2ccc(Cl)cc2Br)C1=O. The maximum atomic E-state index is 11.7. The Morgan fingerprint density at radius 3 is 2.71 bits per heavy atom. The van der Waals surface area contributed by atoms with Crippen LogP contribution < -0.4 is 5.32 Å². The standard InChI is InChI=1S/C11H10BrClN2O2/c1-15-10(16)5-9(11(15)17)14-8-3-2-6(13)4-7(8)12/h2-4,9,14H,5H2,1H3. The first-order valence-corrected chi connectivity index (χ1v) is 6.18. The Labute approximate surface area is 112 Å². The molecule has 6 heteroatoms. The van der Waals surface area contributed by atoms with E-state index in [1.54, 1.807) is 18.2 Å². The lowest BCUT2D eigenvalue weighted by molar-refractivity contribution is -0.136. The van der Waals surface area contributed by atoms with Gasteiger partial charge in [-0.3, -0.25) is 14.5 Å². The van der Waals surface area contributed by atoms with Crippen molar-refractivity contribution in [2.45, 2.75) is 12.5 Å². The van der Waals surface area contributed by atoms with Gasteiger partial charge in [-0.2, -0.15) is 0 Å². The molecule has 1 aromatic rings. The van der Waals surface area contributed by atoms with Crippen molar-refractivity contribution in [1.82, 2.24) is 4.90 Å². The molecule has 1 unspecified atom stereocenters. The van der Waals surface area contributed by atoms with Gasteiger partial charge in [0.2, 0.25) is 5.91 Å². The Hall–Kier alpha value is -1.07. The molecule has 1 aliphatic heterocycles. The summed E-state index contributed by atoms with van der Waals surface area (Å²) in [4.78, 5) is 24.2. The summed E-state index contributed by atoms with van der Waals surface area (Å²) < 4.78 is 0.764. The van der Waals surface area contributed by atoms with Crippen LogP contribution in [-0.4, -0.2) is 29.8 Å². The fraction of sp³-hybridized carbons (Fsp3) is 0.273. The molecule has 2 amide bonds. The number of anilines is 1. The average molecular weight is 318 g/mol. The van der Waals surface area contributed by atoms with Gasteiger partial charge < -0.3 is 5.32 Å². The minimum atomic E-state index is -0.495. The lowest BCUT2D eigenvalue weighted by atomic mass is 10.2. The second-order valence-corrected chi connectivity index (χ2v) is 5.11. The van der Waals surface area contributed by atoms with Crippen LogP contribution in [0.15, 0.2) is 22.7 Å². The summed E-state index contributed by atoms with van der Waals surface area (Å²) >= 11 is 9.17. The van der Waals surface area contributed by atoms with Gasteiger partial charge in [-0.15, -0.1) is 0 Å². The molecular formula is C11H10BrClN2O2. The van der Waals surface area contributed by atoms with Crippen molar-refractivity contribution in [3.63, 3.8) is 0 Å². The fourth-order valence-corrected chi connectivity index (χ4v) is 2.46. The van der Waals surface area contributed by atoms with Crippen LogP contribution in [0, 0.1) is 0 Å². The van der Waals surface area contributed by atoms with E-state index in [0.717, 1.165) is 15.1 Å². The van der Waals surface area contributed by atoms with E-state index in [2.05, 4.69) is 21.2 Å². The molecule has 1 atom stereocenters. The number of nitrogens with one attached hydrogen (secondary N) is 1. The number of hydrogen-bond acceptors (Lipinski definition) is 3. The molecule has 1 heterocycles. The second kappa shape index (κ2) is 4.66. The summed E-state index contributed by atoms with van der Waals surface area (Å²) in [7, 11) is 1.49. The maximum absolute atomic E-state index is 11.7. The van der Waals surface area contributed by atoms with Gasteiger partial charge in [0.05, 0.1) is 6.42 Å². The summed E-state index contributed by atoms with van der Waals surface area (Å²) in [6.07, 6.45) is 0.185. The Morgan fingerprint density at radius 2 is 2.18 bits per heavy atom. The summed E-state index contributed by atoms with van der Waals surface area (Å²) in [6.45, 7) is 0. The highest BCUT2D eigenvalue weighted by atomic mass is 79.9. The number of imide groups is 1. The summed E-state index contributed by atoms with van der Waals surface area (Å²) in [5, 5.41) is 3.63. The highest BCUT2D eigenvalue weighted by Gasteiger charge is 2.36. The van der Waals surface area contributed by atoms with Gasteiger partial charge in [0.25, 0.3) is 5.91 Å². The summed E-state index contributed by atoms with van der Waals surface area (Å²) in [6, 6.07) is 4.72. The third kappa shape index (κ3) is 2.45. The van der Waals surface area contributed by atoms with Crippen LogP contribution in [0.2, 0.25) is 5.02 Å². The molecule has 0 aromatic heterocycles. The number of benzene rings is 1. The first kappa shape index (κ1) is 12.4. The molecule has 17 heavy (non-hydrogen) atoms. The molecule has 0 spiro atoms. The van der Waals surface area contributed by atoms with Crippen molar-refractivity contribution < 1.29 is 9.59 Å². The Balaban J connectivity index is 2.17. The number of likely N-dealkylation sites (tertiary alicyclic amines) is 1. The topological polar surface area (TPSA) is 49.4 Å². The van der Waals surface area contributed by atoms with Crippen molar-refractivity contribution in [2.24, 2.45) is 0 Å². The molecule has 0 bridgehead atoms. The molecule has 1 aromatic carbocycles. The third-order valence-electron chi connectivity index (χ3n) is 2.64. The zero-order chi connectivity index (χ0) is 12.6. The zero-order valence-electron chi connectivity index (χ0n) is 9.04. The van der Waals surface area contributed by atoms with E-state index in [1.165, 1.54) is 7.05 Å². The number of halogens is 2. The average Bonchev–Trinajstić information content (AvgIpc) is 2.50. The van der Waals surface area contributed by atoms with E-state index in [9.17, 15) is 9.59 Å². The fourth-order valence-electron chi connectivity index (χ4n) is 1.66. The molecule has 1 fully saturated rings. The minimum absolute atomic E-state index is 0.169. The minimum Gasteiger partial charge on any atom is -0.372 e. The number of carbonyl (C=O) groups is 2. The van der Waals surface area contributed by atoms with Gasteiger partial charge in [0.15, 0.2) is 0 Å². The molecule has 0 radical (unpaired) electrons. The number of rotatable bonds is 2. The molecule has 1 saturated heterocycles. The lowest BCUT2D eigenvalue weighted by Gasteiger charge is -2.13. The van der Waals surface area contributed by atoms with Gasteiger partial charge >= 0.3 is 0 Å². The van der Waals surface area contributed by atoms with Gasteiger partial charge in [-0.05, 0) is 34.1 Å². The highest BCUT2D eigenvalue weighted by molar-refractivity contribution is 9.10. The Kier molecular flexibility index (Phi) is 3.40. The van der Waals surface area contributed by atoms with Gasteiger partial charge in [-0.1, -0.05) is 11.6 Å². The Bertz CT molecular complexity index is 492. The van der Waals surface area contributed by atoms with Crippen molar-refractivity contribution in [1.29, 1.82) is 0 Å². The number of amides is 2. The molecule has 0 saturated carbocycles. The largest absolute Gasteiger partial charge is 0.372 e. The Morgan fingerprint density at radius 1 is 1.47 bits per heavy atom. The van der Waals surface area contributed by atoms with Crippen molar-refractivity contribution in [3.05, 3.63) is 27.7 Å². The van der Waals surface area contributed by atoms with Crippen LogP contribution >= 0.6 is 27.5 Å². The van der Waals surface area contributed by atoms with Crippen LogP contribution in [0.1, 0.15) is 6.42 Å². The van der Waals surface area contributed by atoms with Crippen molar-refractivity contribution in [3.8, 4) is 0 Å². The van der Waals surface area contributed by atoms with E-state index >= 15 is 0 Å². The molecule has 4 nitrogen and oxygen atoms in total.